The normalized spacial score (nSPS) is 11.9. The SMILES string of the molecule is c1ccc(N(c2ccc(-c3cccc4c3oc3ccccc34)cc2)c2ccc3c(c2)oc2ccccc23)c(-c2ccc3oc4c5ccccc5ccc4c3c2)c1. The highest BCUT2D eigenvalue weighted by molar-refractivity contribution is 6.16. The first-order valence-electron chi connectivity index (χ1n) is 18.9. The number of para-hydroxylation sites is 4. The molecule has 4 nitrogen and oxygen atoms in total. The van der Waals surface area contributed by atoms with E-state index < -0.39 is 0 Å². The van der Waals surface area contributed by atoms with Crippen LogP contribution < -0.4 is 4.90 Å². The highest BCUT2D eigenvalue weighted by Crippen LogP contribution is 2.45. The summed E-state index contributed by atoms with van der Waals surface area (Å²) in [5.41, 5.74) is 12.7. The average molecular weight is 718 g/mol. The van der Waals surface area contributed by atoms with Gasteiger partial charge in [0, 0.05) is 66.3 Å². The van der Waals surface area contributed by atoms with Crippen molar-refractivity contribution >= 4 is 93.7 Å². The summed E-state index contributed by atoms with van der Waals surface area (Å²) in [5, 5.41) is 8.94. The molecule has 0 N–H and O–H groups in total. The molecule has 0 saturated carbocycles. The highest BCUT2D eigenvalue weighted by Gasteiger charge is 2.21. The van der Waals surface area contributed by atoms with Gasteiger partial charge in [-0.3, -0.25) is 0 Å². The fourth-order valence-corrected chi connectivity index (χ4v) is 8.63. The minimum absolute atomic E-state index is 0.845. The Morgan fingerprint density at radius 3 is 1.77 bits per heavy atom. The maximum Gasteiger partial charge on any atom is 0.143 e. The first kappa shape index (κ1) is 30.9. The van der Waals surface area contributed by atoms with Crippen molar-refractivity contribution in [2.45, 2.75) is 0 Å². The van der Waals surface area contributed by atoms with E-state index in [-0.39, 0.29) is 0 Å². The van der Waals surface area contributed by atoms with E-state index in [1.165, 1.54) is 5.39 Å². The van der Waals surface area contributed by atoms with E-state index in [1.54, 1.807) is 0 Å². The molecule has 3 aromatic heterocycles. The standard InChI is InChI=1S/C52H31NO3/c1-2-12-38-32(10-1)22-27-44-45-30-34(23-29-49(45)56-52(38)44)37-11-3-6-17-46(37)53(36-26-28-42-40-13-4-7-18-47(40)54-50(42)31-36)35-24-20-33(21-25-35)39-15-9-16-43-41-14-5-8-19-48(41)55-51(39)43/h1-31H. The monoisotopic (exact) mass is 717 g/mol. The highest BCUT2D eigenvalue weighted by atomic mass is 16.3. The van der Waals surface area contributed by atoms with E-state index in [4.69, 9.17) is 13.3 Å². The molecule has 0 fully saturated rings. The van der Waals surface area contributed by atoms with Gasteiger partial charge in [-0.2, -0.15) is 0 Å². The van der Waals surface area contributed by atoms with Gasteiger partial charge in [-0.15, -0.1) is 0 Å². The molecule has 0 saturated heterocycles. The van der Waals surface area contributed by atoms with Crippen LogP contribution >= 0.6 is 0 Å². The Morgan fingerprint density at radius 2 is 0.893 bits per heavy atom. The second-order valence-electron chi connectivity index (χ2n) is 14.4. The molecule has 0 unspecified atom stereocenters. The summed E-state index contributed by atoms with van der Waals surface area (Å²) in [7, 11) is 0. The minimum Gasteiger partial charge on any atom is -0.456 e. The molecule has 9 aromatic carbocycles. The van der Waals surface area contributed by atoms with Crippen molar-refractivity contribution in [2.24, 2.45) is 0 Å². The molecular formula is C52H31NO3. The molecule has 3 heterocycles. The summed E-state index contributed by atoms with van der Waals surface area (Å²) >= 11 is 0. The second kappa shape index (κ2) is 12.0. The number of fused-ring (bicyclic) bond motifs is 11. The molecule has 12 rings (SSSR count). The Bertz CT molecular complexity index is 3490. The summed E-state index contributed by atoms with van der Waals surface area (Å²) in [4.78, 5) is 2.33. The van der Waals surface area contributed by atoms with Gasteiger partial charge in [0.25, 0.3) is 0 Å². The summed E-state index contributed by atoms with van der Waals surface area (Å²) in [6, 6.07) is 66.1. The van der Waals surface area contributed by atoms with Gasteiger partial charge in [-0.05, 0) is 77.2 Å². The number of benzene rings is 9. The Balaban J connectivity index is 1.04. The molecule has 0 spiro atoms. The number of anilines is 3. The quantitative estimate of drug-likeness (QED) is 0.178. The van der Waals surface area contributed by atoms with Gasteiger partial charge < -0.3 is 18.2 Å². The van der Waals surface area contributed by atoms with Crippen LogP contribution in [0.25, 0.3) is 98.8 Å². The van der Waals surface area contributed by atoms with Gasteiger partial charge in [0.15, 0.2) is 0 Å². The average Bonchev–Trinajstić information content (AvgIpc) is 3.95. The minimum atomic E-state index is 0.845. The van der Waals surface area contributed by atoms with Crippen molar-refractivity contribution in [1.82, 2.24) is 0 Å². The third-order valence-corrected chi connectivity index (χ3v) is 11.3. The van der Waals surface area contributed by atoms with Crippen LogP contribution in [0.4, 0.5) is 17.1 Å². The van der Waals surface area contributed by atoms with Gasteiger partial charge in [0.05, 0.1) is 5.69 Å². The molecule has 12 aromatic rings. The second-order valence-corrected chi connectivity index (χ2v) is 14.4. The fraction of sp³-hybridized carbons (Fsp3) is 0. The molecule has 4 heteroatoms. The van der Waals surface area contributed by atoms with Crippen molar-refractivity contribution in [1.29, 1.82) is 0 Å². The van der Waals surface area contributed by atoms with Crippen molar-refractivity contribution in [3.05, 3.63) is 188 Å². The van der Waals surface area contributed by atoms with Crippen LogP contribution in [0.2, 0.25) is 0 Å². The van der Waals surface area contributed by atoms with Crippen molar-refractivity contribution in [3.8, 4) is 22.3 Å². The maximum atomic E-state index is 6.50. The van der Waals surface area contributed by atoms with Gasteiger partial charge in [0.2, 0.25) is 0 Å². The van der Waals surface area contributed by atoms with E-state index in [9.17, 15) is 0 Å². The number of hydrogen-bond acceptors (Lipinski definition) is 4. The predicted molar refractivity (Wildman–Crippen MR) is 231 cm³/mol. The Hall–Kier alpha value is -7.56. The number of nitrogens with zero attached hydrogens (tertiary/aromatic N) is 1. The largest absolute Gasteiger partial charge is 0.456 e. The summed E-state index contributed by atoms with van der Waals surface area (Å²) in [6.45, 7) is 0. The van der Waals surface area contributed by atoms with Crippen molar-refractivity contribution < 1.29 is 13.3 Å². The lowest BCUT2D eigenvalue weighted by molar-refractivity contribution is 0.669. The van der Waals surface area contributed by atoms with E-state index in [0.29, 0.717) is 0 Å². The van der Waals surface area contributed by atoms with Crippen LogP contribution in [0.3, 0.4) is 0 Å². The molecule has 0 bridgehead atoms. The van der Waals surface area contributed by atoms with Crippen molar-refractivity contribution in [3.63, 3.8) is 0 Å². The van der Waals surface area contributed by atoms with Gasteiger partial charge >= 0.3 is 0 Å². The van der Waals surface area contributed by atoms with Crippen LogP contribution in [0.15, 0.2) is 201 Å². The van der Waals surface area contributed by atoms with Crippen LogP contribution in [-0.4, -0.2) is 0 Å². The zero-order valence-corrected chi connectivity index (χ0v) is 30.1. The number of furan rings is 3. The molecule has 0 radical (unpaired) electrons. The van der Waals surface area contributed by atoms with E-state index in [0.717, 1.165) is 111 Å². The molecule has 0 atom stereocenters. The molecule has 0 amide bonds. The molecule has 56 heavy (non-hydrogen) atoms. The molecule has 0 aliphatic heterocycles. The lowest BCUT2D eigenvalue weighted by Crippen LogP contribution is -2.11. The van der Waals surface area contributed by atoms with Gasteiger partial charge in [0.1, 0.15) is 33.5 Å². The Morgan fingerprint density at radius 1 is 0.304 bits per heavy atom. The van der Waals surface area contributed by atoms with Gasteiger partial charge in [-0.25, -0.2) is 0 Å². The summed E-state index contributed by atoms with van der Waals surface area (Å²) < 4.78 is 19.4. The van der Waals surface area contributed by atoms with Gasteiger partial charge in [-0.1, -0.05) is 121 Å². The van der Waals surface area contributed by atoms with Crippen LogP contribution in [0, 0.1) is 0 Å². The topological polar surface area (TPSA) is 42.7 Å². The first-order valence-corrected chi connectivity index (χ1v) is 18.9. The smallest absolute Gasteiger partial charge is 0.143 e. The van der Waals surface area contributed by atoms with Crippen LogP contribution in [-0.2, 0) is 0 Å². The lowest BCUT2D eigenvalue weighted by Gasteiger charge is -2.28. The molecule has 0 aliphatic rings. The fourth-order valence-electron chi connectivity index (χ4n) is 8.63. The van der Waals surface area contributed by atoms with E-state index in [1.807, 2.05) is 24.3 Å². The molecule has 262 valence electrons. The maximum absolute atomic E-state index is 6.50. The Labute approximate surface area is 321 Å². The van der Waals surface area contributed by atoms with Crippen molar-refractivity contribution in [2.75, 3.05) is 4.90 Å². The van der Waals surface area contributed by atoms with Crippen LogP contribution in [0.5, 0.6) is 0 Å². The summed E-state index contributed by atoms with van der Waals surface area (Å²) in [6.07, 6.45) is 0. The third kappa shape index (κ3) is 4.66. The Kier molecular flexibility index (Phi) is 6.60. The van der Waals surface area contributed by atoms with E-state index in [2.05, 4.69) is 169 Å². The third-order valence-electron chi connectivity index (χ3n) is 11.3. The lowest BCUT2D eigenvalue weighted by atomic mass is 9.98. The van der Waals surface area contributed by atoms with E-state index >= 15 is 0 Å². The molecule has 0 aliphatic carbocycles. The molecular weight excluding hydrogens is 687 g/mol. The van der Waals surface area contributed by atoms with Crippen LogP contribution in [0.1, 0.15) is 0 Å². The zero-order valence-electron chi connectivity index (χ0n) is 30.1. The summed E-state index contributed by atoms with van der Waals surface area (Å²) in [5.74, 6) is 0. The number of hydrogen-bond donors (Lipinski definition) is 0. The first-order chi connectivity index (χ1) is 27.7. The number of rotatable bonds is 5. The predicted octanol–water partition coefficient (Wildman–Crippen LogP) is 15.3. The zero-order chi connectivity index (χ0) is 36.7.